The molecule has 84 valence electrons. The maximum atomic E-state index is 8.75. The molecule has 0 aliphatic carbocycles. The van der Waals surface area contributed by atoms with Crippen molar-refractivity contribution < 1.29 is 4.74 Å². The van der Waals surface area contributed by atoms with E-state index in [9.17, 15) is 0 Å². The Labute approximate surface area is 95.2 Å². The number of ether oxygens (including phenoxy) is 1. The quantitative estimate of drug-likeness (QED) is 0.806. The summed E-state index contributed by atoms with van der Waals surface area (Å²) in [5.74, 6) is 0.880. The van der Waals surface area contributed by atoms with Crippen LogP contribution in [0.2, 0.25) is 0 Å². The average molecular weight is 217 g/mol. The minimum absolute atomic E-state index is 0.453. The second-order valence-electron chi connectivity index (χ2n) is 3.85. The molecule has 0 aromatic heterocycles. The second-order valence-corrected chi connectivity index (χ2v) is 3.85. The molecule has 0 spiro atoms. The van der Waals surface area contributed by atoms with Gasteiger partial charge in [-0.3, -0.25) is 0 Å². The Balaban J connectivity index is 2.23. The third kappa shape index (κ3) is 2.26. The Morgan fingerprint density at radius 3 is 3.12 bits per heavy atom. The van der Waals surface area contributed by atoms with Crippen molar-refractivity contribution in [1.82, 2.24) is 0 Å². The number of nitrogens with zero attached hydrogens (tertiary/aromatic N) is 2. The number of hydrogen-bond donors (Lipinski definition) is 1. The first-order valence-electron chi connectivity index (χ1n) is 5.43. The predicted octanol–water partition coefficient (Wildman–Crippen LogP) is 1.13. The third-order valence-corrected chi connectivity index (χ3v) is 2.62. The van der Waals surface area contributed by atoms with Crippen molar-refractivity contribution >= 4 is 5.69 Å². The SMILES string of the molecule is N#CC(N)CN1CCCOc2ccccc21. The number of hydrogen-bond acceptors (Lipinski definition) is 4. The molecule has 2 rings (SSSR count). The van der Waals surface area contributed by atoms with E-state index in [1.54, 1.807) is 0 Å². The molecule has 0 amide bonds. The molecule has 0 radical (unpaired) electrons. The number of para-hydroxylation sites is 2. The van der Waals surface area contributed by atoms with E-state index >= 15 is 0 Å². The van der Waals surface area contributed by atoms with Gasteiger partial charge in [0, 0.05) is 13.1 Å². The molecule has 1 aliphatic heterocycles. The zero-order valence-corrected chi connectivity index (χ0v) is 9.10. The summed E-state index contributed by atoms with van der Waals surface area (Å²) in [6.45, 7) is 2.15. The van der Waals surface area contributed by atoms with Crippen molar-refractivity contribution in [2.24, 2.45) is 5.73 Å². The number of rotatable bonds is 2. The van der Waals surface area contributed by atoms with Crippen LogP contribution in [0.5, 0.6) is 5.75 Å². The molecule has 1 aromatic rings. The topological polar surface area (TPSA) is 62.3 Å². The van der Waals surface area contributed by atoms with Crippen LogP contribution in [0.3, 0.4) is 0 Å². The van der Waals surface area contributed by atoms with Gasteiger partial charge in [-0.15, -0.1) is 0 Å². The molecule has 0 saturated heterocycles. The van der Waals surface area contributed by atoms with Crippen LogP contribution in [0.15, 0.2) is 24.3 Å². The van der Waals surface area contributed by atoms with E-state index in [1.165, 1.54) is 0 Å². The van der Waals surface area contributed by atoms with Crippen LogP contribution in [0, 0.1) is 11.3 Å². The molecule has 4 nitrogen and oxygen atoms in total. The molecule has 1 unspecified atom stereocenters. The van der Waals surface area contributed by atoms with Gasteiger partial charge in [-0.1, -0.05) is 12.1 Å². The van der Waals surface area contributed by atoms with Crippen molar-refractivity contribution in [3.05, 3.63) is 24.3 Å². The molecule has 0 saturated carbocycles. The molecule has 1 atom stereocenters. The summed E-state index contributed by atoms with van der Waals surface area (Å²) < 4.78 is 5.63. The van der Waals surface area contributed by atoms with Crippen LogP contribution in [-0.4, -0.2) is 25.7 Å². The van der Waals surface area contributed by atoms with Crippen LogP contribution in [0.25, 0.3) is 0 Å². The summed E-state index contributed by atoms with van der Waals surface area (Å²) >= 11 is 0. The van der Waals surface area contributed by atoms with E-state index in [2.05, 4.69) is 11.0 Å². The summed E-state index contributed by atoms with van der Waals surface area (Å²) in [6.07, 6.45) is 0.951. The molecule has 1 heterocycles. The van der Waals surface area contributed by atoms with Crippen molar-refractivity contribution in [2.75, 3.05) is 24.6 Å². The summed E-state index contributed by atoms with van der Waals surface area (Å²) in [5, 5.41) is 8.75. The molecular weight excluding hydrogens is 202 g/mol. The summed E-state index contributed by atoms with van der Waals surface area (Å²) in [4.78, 5) is 2.12. The molecule has 4 heteroatoms. The molecule has 16 heavy (non-hydrogen) atoms. The molecule has 0 fully saturated rings. The highest BCUT2D eigenvalue weighted by molar-refractivity contribution is 5.59. The highest BCUT2D eigenvalue weighted by Gasteiger charge is 2.17. The van der Waals surface area contributed by atoms with E-state index < -0.39 is 6.04 Å². The standard InChI is InChI=1S/C12H15N3O/c13-8-10(14)9-15-6-3-7-16-12-5-2-1-4-11(12)15/h1-2,4-5,10H,3,6-7,9,14H2. The number of anilines is 1. The summed E-state index contributed by atoms with van der Waals surface area (Å²) in [7, 11) is 0. The van der Waals surface area contributed by atoms with E-state index in [0.29, 0.717) is 6.54 Å². The highest BCUT2D eigenvalue weighted by atomic mass is 16.5. The average Bonchev–Trinajstić information content (AvgIpc) is 2.52. The van der Waals surface area contributed by atoms with Gasteiger partial charge >= 0.3 is 0 Å². The Bertz CT molecular complexity index is 399. The van der Waals surface area contributed by atoms with Gasteiger partial charge in [0.25, 0.3) is 0 Å². The van der Waals surface area contributed by atoms with Gasteiger partial charge in [0.05, 0.1) is 18.4 Å². The molecule has 0 bridgehead atoms. The molecule has 2 N–H and O–H groups in total. The Morgan fingerprint density at radius 1 is 1.50 bits per heavy atom. The Morgan fingerprint density at radius 2 is 2.31 bits per heavy atom. The van der Waals surface area contributed by atoms with Crippen LogP contribution in [0.4, 0.5) is 5.69 Å². The van der Waals surface area contributed by atoms with Crippen LogP contribution >= 0.6 is 0 Å². The monoisotopic (exact) mass is 217 g/mol. The lowest BCUT2D eigenvalue weighted by molar-refractivity contribution is 0.322. The first-order chi connectivity index (χ1) is 7.81. The summed E-state index contributed by atoms with van der Waals surface area (Å²) in [5.41, 5.74) is 6.70. The maximum Gasteiger partial charge on any atom is 0.142 e. The zero-order valence-electron chi connectivity index (χ0n) is 9.10. The van der Waals surface area contributed by atoms with Crippen LogP contribution in [-0.2, 0) is 0 Å². The van der Waals surface area contributed by atoms with Gasteiger partial charge in [-0.05, 0) is 18.6 Å². The lowest BCUT2D eigenvalue weighted by Gasteiger charge is -2.24. The van der Waals surface area contributed by atoms with Crippen LogP contribution < -0.4 is 15.4 Å². The van der Waals surface area contributed by atoms with Gasteiger partial charge in [-0.25, -0.2) is 0 Å². The van der Waals surface area contributed by atoms with Gasteiger partial charge in [0.15, 0.2) is 0 Å². The lowest BCUT2D eigenvalue weighted by Crippen LogP contribution is -2.37. The second kappa shape index (κ2) is 4.86. The summed E-state index contributed by atoms with van der Waals surface area (Å²) in [6, 6.07) is 9.48. The van der Waals surface area contributed by atoms with Gasteiger partial charge in [0.2, 0.25) is 0 Å². The number of nitrogens with two attached hydrogens (primary N) is 1. The molecule has 1 aromatic carbocycles. The Kier molecular flexibility index (Phi) is 3.28. The first kappa shape index (κ1) is 10.8. The number of benzene rings is 1. The minimum Gasteiger partial charge on any atom is -0.491 e. The third-order valence-electron chi connectivity index (χ3n) is 2.62. The normalized spacial score (nSPS) is 16.6. The highest BCUT2D eigenvalue weighted by Crippen LogP contribution is 2.30. The van der Waals surface area contributed by atoms with E-state index in [-0.39, 0.29) is 0 Å². The fourth-order valence-electron chi connectivity index (χ4n) is 1.87. The van der Waals surface area contributed by atoms with E-state index in [1.807, 2.05) is 24.3 Å². The fraction of sp³-hybridized carbons (Fsp3) is 0.417. The van der Waals surface area contributed by atoms with Crippen molar-refractivity contribution in [2.45, 2.75) is 12.5 Å². The van der Waals surface area contributed by atoms with Gasteiger partial charge < -0.3 is 15.4 Å². The first-order valence-corrected chi connectivity index (χ1v) is 5.43. The van der Waals surface area contributed by atoms with E-state index in [0.717, 1.165) is 31.0 Å². The lowest BCUT2D eigenvalue weighted by atomic mass is 10.2. The molecule has 1 aliphatic rings. The van der Waals surface area contributed by atoms with Crippen molar-refractivity contribution in [3.8, 4) is 11.8 Å². The van der Waals surface area contributed by atoms with Gasteiger partial charge in [0.1, 0.15) is 11.8 Å². The van der Waals surface area contributed by atoms with Crippen molar-refractivity contribution in [3.63, 3.8) is 0 Å². The maximum absolute atomic E-state index is 8.75. The smallest absolute Gasteiger partial charge is 0.142 e. The van der Waals surface area contributed by atoms with Gasteiger partial charge in [-0.2, -0.15) is 5.26 Å². The Hall–Kier alpha value is -1.73. The van der Waals surface area contributed by atoms with Crippen LogP contribution in [0.1, 0.15) is 6.42 Å². The van der Waals surface area contributed by atoms with Crippen molar-refractivity contribution in [1.29, 1.82) is 5.26 Å². The van der Waals surface area contributed by atoms with E-state index in [4.69, 9.17) is 15.7 Å². The number of fused-ring (bicyclic) bond motifs is 1. The minimum atomic E-state index is -0.453. The number of nitriles is 1. The fourth-order valence-corrected chi connectivity index (χ4v) is 1.87. The predicted molar refractivity (Wildman–Crippen MR) is 62.4 cm³/mol. The molecular formula is C12H15N3O. The largest absolute Gasteiger partial charge is 0.491 e. The zero-order chi connectivity index (χ0) is 11.4.